The van der Waals surface area contributed by atoms with Crippen LogP contribution in [0.25, 0.3) is 0 Å². The molecule has 1 aliphatic rings. The van der Waals surface area contributed by atoms with E-state index in [4.69, 9.17) is 0 Å². The monoisotopic (exact) mass is 151 g/mol. The second-order valence-corrected chi connectivity index (χ2v) is 3.42. The maximum absolute atomic E-state index is 4.10. The minimum Gasteiger partial charge on any atom is -0.315 e. The topological polar surface area (TPSA) is 30.7 Å². The summed E-state index contributed by atoms with van der Waals surface area (Å²) in [6, 6.07) is 0. The van der Waals surface area contributed by atoms with Crippen molar-refractivity contribution in [3.63, 3.8) is 0 Å². The van der Waals surface area contributed by atoms with E-state index in [1.807, 2.05) is 6.92 Å². The standard InChI is InChI=1S/C8H13N3/c1-6-3-4-8-10-9-7(2)11(8)5-6/h6H,3-5H2,1-2H3. The second-order valence-electron chi connectivity index (χ2n) is 3.42. The van der Waals surface area contributed by atoms with Gasteiger partial charge in [0.15, 0.2) is 0 Å². The first kappa shape index (κ1) is 6.83. The van der Waals surface area contributed by atoms with Crippen LogP contribution in [0.2, 0.25) is 0 Å². The molecule has 11 heavy (non-hydrogen) atoms. The summed E-state index contributed by atoms with van der Waals surface area (Å²) in [6.07, 6.45) is 2.36. The third-order valence-corrected chi connectivity index (χ3v) is 2.37. The number of hydrogen-bond donors (Lipinski definition) is 0. The van der Waals surface area contributed by atoms with Crippen LogP contribution in [0.4, 0.5) is 0 Å². The molecule has 0 saturated heterocycles. The van der Waals surface area contributed by atoms with Crippen molar-refractivity contribution in [2.45, 2.75) is 33.2 Å². The fourth-order valence-electron chi connectivity index (χ4n) is 1.63. The molecule has 0 radical (unpaired) electrons. The minimum absolute atomic E-state index is 0.789. The summed E-state index contributed by atoms with van der Waals surface area (Å²) in [5.74, 6) is 3.02. The molecule has 0 aliphatic carbocycles. The summed E-state index contributed by atoms with van der Waals surface area (Å²) in [5.41, 5.74) is 0. The predicted molar refractivity (Wildman–Crippen MR) is 42.2 cm³/mol. The largest absolute Gasteiger partial charge is 0.315 e. The highest BCUT2D eigenvalue weighted by Gasteiger charge is 2.17. The van der Waals surface area contributed by atoms with Crippen molar-refractivity contribution in [3.05, 3.63) is 11.6 Å². The van der Waals surface area contributed by atoms with E-state index < -0.39 is 0 Å². The van der Waals surface area contributed by atoms with Gasteiger partial charge in [0.05, 0.1) is 0 Å². The molecule has 0 bridgehead atoms. The van der Waals surface area contributed by atoms with E-state index in [1.54, 1.807) is 0 Å². The molecule has 0 N–H and O–H groups in total. The highest BCUT2D eigenvalue weighted by atomic mass is 15.3. The molecule has 1 atom stereocenters. The lowest BCUT2D eigenvalue weighted by molar-refractivity contribution is 0.389. The quantitative estimate of drug-likeness (QED) is 0.557. The molecular formula is C8H13N3. The van der Waals surface area contributed by atoms with Crippen molar-refractivity contribution < 1.29 is 0 Å². The lowest BCUT2D eigenvalue weighted by Gasteiger charge is -2.19. The van der Waals surface area contributed by atoms with E-state index in [0.717, 1.165) is 24.7 Å². The van der Waals surface area contributed by atoms with Gasteiger partial charge in [-0.2, -0.15) is 0 Å². The predicted octanol–water partition coefficient (Wildman–Crippen LogP) is 1.17. The fourth-order valence-corrected chi connectivity index (χ4v) is 1.63. The zero-order valence-corrected chi connectivity index (χ0v) is 7.04. The van der Waals surface area contributed by atoms with Crippen molar-refractivity contribution in [2.75, 3.05) is 0 Å². The van der Waals surface area contributed by atoms with Crippen LogP contribution in [0.3, 0.4) is 0 Å². The van der Waals surface area contributed by atoms with Gasteiger partial charge in [-0.1, -0.05) is 6.92 Å². The van der Waals surface area contributed by atoms with Crippen LogP contribution in [-0.2, 0) is 13.0 Å². The van der Waals surface area contributed by atoms with E-state index in [1.165, 1.54) is 12.2 Å². The Morgan fingerprint density at radius 1 is 1.45 bits per heavy atom. The fraction of sp³-hybridized carbons (Fsp3) is 0.750. The maximum Gasteiger partial charge on any atom is 0.133 e. The number of aromatic nitrogens is 3. The van der Waals surface area contributed by atoms with Gasteiger partial charge in [0, 0.05) is 13.0 Å². The summed E-state index contributed by atoms with van der Waals surface area (Å²) < 4.78 is 2.23. The first-order valence-electron chi connectivity index (χ1n) is 4.16. The van der Waals surface area contributed by atoms with Gasteiger partial charge in [-0.05, 0) is 19.3 Å². The Hall–Kier alpha value is -0.860. The Balaban J connectivity index is 2.37. The number of aryl methyl sites for hydroxylation is 2. The molecule has 60 valence electrons. The first-order valence-corrected chi connectivity index (χ1v) is 4.16. The molecule has 0 fully saturated rings. The van der Waals surface area contributed by atoms with Crippen LogP contribution >= 0.6 is 0 Å². The molecule has 0 amide bonds. The zero-order chi connectivity index (χ0) is 7.84. The molecule has 0 saturated carbocycles. The highest BCUT2D eigenvalue weighted by Crippen LogP contribution is 2.18. The van der Waals surface area contributed by atoms with E-state index in [0.29, 0.717) is 0 Å². The third-order valence-electron chi connectivity index (χ3n) is 2.37. The van der Waals surface area contributed by atoms with Crippen LogP contribution in [0.5, 0.6) is 0 Å². The van der Waals surface area contributed by atoms with Crippen molar-refractivity contribution in [2.24, 2.45) is 5.92 Å². The number of hydrogen-bond acceptors (Lipinski definition) is 2. The van der Waals surface area contributed by atoms with Crippen molar-refractivity contribution >= 4 is 0 Å². The third kappa shape index (κ3) is 1.04. The molecule has 1 unspecified atom stereocenters. The van der Waals surface area contributed by atoms with Gasteiger partial charge >= 0.3 is 0 Å². The van der Waals surface area contributed by atoms with Crippen molar-refractivity contribution in [3.8, 4) is 0 Å². The van der Waals surface area contributed by atoms with Crippen molar-refractivity contribution in [1.82, 2.24) is 14.8 Å². The van der Waals surface area contributed by atoms with Crippen molar-refractivity contribution in [1.29, 1.82) is 0 Å². The van der Waals surface area contributed by atoms with Gasteiger partial charge in [0.2, 0.25) is 0 Å². The SMILES string of the molecule is Cc1nnc2n1CC(C)CC2. The van der Waals surface area contributed by atoms with Gasteiger partial charge in [0.25, 0.3) is 0 Å². The molecule has 2 heterocycles. The molecule has 3 nitrogen and oxygen atoms in total. The van der Waals surface area contributed by atoms with E-state index in [-0.39, 0.29) is 0 Å². The van der Waals surface area contributed by atoms with Gasteiger partial charge in [-0.15, -0.1) is 10.2 Å². The molecule has 0 spiro atoms. The van der Waals surface area contributed by atoms with E-state index >= 15 is 0 Å². The Labute approximate surface area is 66.4 Å². The van der Waals surface area contributed by atoms with Crippen LogP contribution in [0.1, 0.15) is 25.0 Å². The Bertz CT molecular complexity index is 264. The summed E-state index contributed by atoms with van der Waals surface area (Å²) in [6.45, 7) is 5.41. The molecule has 0 aromatic carbocycles. The average molecular weight is 151 g/mol. The number of nitrogens with zero attached hydrogens (tertiary/aromatic N) is 3. The van der Waals surface area contributed by atoms with Crippen LogP contribution in [0, 0.1) is 12.8 Å². The summed E-state index contributed by atoms with van der Waals surface area (Å²) >= 11 is 0. The normalized spacial score (nSPS) is 23.3. The van der Waals surface area contributed by atoms with Crippen LogP contribution < -0.4 is 0 Å². The van der Waals surface area contributed by atoms with Crippen LogP contribution in [0.15, 0.2) is 0 Å². The molecule has 1 aromatic rings. The molecular weight excluding hydrogens is 138 g/mol. The number of fused-ring (bicyclic) bond motifs is 1. The average Bonchev–Trinajstić information content (AvgIpc) is 2.33. The Morgan fingerprint density at radius 3 is 3.09 bits per heavy atom. The van der Waals surface area contributed by atoms with E-state index in [2.05, 4.69) is 21.7 Å². The molecule has 1 aromatic heterocycles. The summed E-state index contributed by atoms with van der Waals surface area (Å²) in [5, 5.41) is 8.15. The maximum atomic E-state index is 4.10. The Kier molecular flexibility index (Phi) is 1.44. The van der Waals surface area contributed by atoms with E-state index in [9.17, 15) is 0 Å². The molecule has 2 rings (SSSR count). The lowest BCUT2D eigenvalue weighted by Crippen LogP contribution is -2.18. The van der Waals surface area contributed by atoms with Gasteiger partial charge < -0.3 is 4.57 Å². The van der Waals surface area contributed by atoms with Crippen LogP contribution in [-0.4, -0.2) is 14.8 Å². The molecule has 3 heteroatoms. The lowest BCUT2D eigenvalue weighted by atomic mass is 10.0. The molecule has 1 aliphatic heterocycles. The first-order chi connectivity index (χ1) is 5.27. The van der Waals surface area contributed by atoms with Gasteiger partial charge in [-0.3, -0.25) is 0 Å². The Morgan fingerprint density at radius 2 is 2.27 bits per heavy atom. The minimum atomic E-state index is 0.789. The summed E-state index contributed by atoms with van der Waals surface area (Å²) in [7, 11) is 0. The second kappa shape index (κ2) is 2.32. The number of rotatable bonds is 0. The smallest absolute Gasteiger partial charge is 0.133 e. The summed E-state index contributed by atoms with van der Waals surface area (Å²) in [4.78, 5) is 0. The van der Waals surface area contributed by atoms with Gasteiger partial charge in [0.1, 0.15) is 11.6 Å². The highest BCUT2D eigenvalue weighted by molar-refractivity contribution is 4.97. The zero-order valence-electron chi connectivity index (χ0n) is 7.04. The van der Waals surface area contributed by atoms with Gasteiger partial charge in [-0.25, -0.2) is 0 Å².